The third kappa shape index (κ3) is 2.24. The molecule has 1 fully saturated rings. The highest BCUT2D eigenvalue weighted by molar-refractivity contribution is 6.05. The molecule has 20 heavy (non-hydrogen) atoms. The molecule has 1 unspecified atom stereocenters. The summed E-state index contributed by atoms with van der Waals surface area (Å²) in [5.41, 5.74) is 1.36. The molecule has 1 aliphatic rings. The second-order valence-corrected chi connectivity index (χ2v) is 5.00. The number of para-hydroxylation sites is 1. The van der Waals surface area contributed by atoms with Crippen molar-refractivity contribution in [3.8, 4) is 0 Å². The number of fused-ring (bicyclic) bond motifs is 1. The van der Waals surface area contributed by atoms with E-state index in [0.717, 1.165) is 10.9 Å². The molecule has 1 saturated heterocycles. The molecule has 1 aromatic heterocycles. The first-order valence-electron chi connectivity index (χ1n) is 6.64. The van der Waals surface area contributed by atoms with Crippen LogP contribution < -0.4 is 10.6 Å². The fourth-order valence-corrected chi connectivity index (χ4v) is 2.49. The number of rotatable bonds is 2. The topological polar surface area (TPSA) is 76.0 Å². The van der Waals surface area contributed by atoms with Gasteiger partial charge in [0, 0.05) is 31.4 Å². The average Bonchev–Trinajstić information content (AvgIpc) is 2.79. The van der Waals surface area contributed by atoms with Gasteiger partial charge in [-0.2, -0.15) is 5.10 Å². The summed E-state index contributed by atoms with van der Waals surface area (Å²) in [5.74, 6) is -0.151. The van der Waals surface area contributed by atoms with E-state index in [0.29, 0.717) is 25.1 Å². The molecule has 1 aromatic carbocycles. The quantitative estimate of drug-likeness (QED) is 0.839. The predicted octanol–water partition coefficient (Wildman–Crippen LogP) is 0.582. The molecule has 0 saturated carbocycles. The Labute approximate surface area is 116 Å². The third-order valence-corrected chi connectivity index (χ3v) is 3.57. The highest BCUT2D eigenvalue weighted by Gasteiger charge is 2.22. The molecule has 1 atom stereocenters. The van der Waals surface area contributed by atoms with Crippen molar-refractivity contribution in [3.05, 3.63) is 30.0 Å². The minimum atomic E-state index is -0.192. The summed E-state index contributed by atoms with van der Waals surface area (Å²) in [4.78, 5) is 23.4. The first-order chi connectivity index (χ1) is 9.65. The number of carbonyl (C=O) groups excluding carboxylic acids is 2. The lowest BCUT2D eigenvalue weighted by Crippen LogP contribution is -2.47. The summed E-state index contributed by atoms with van der Waals surface area (Å²) < 4.78 is 1.70. The van der Waals surface area contributed by atoms with E-state index in [2.05, 4.69) is 15.7 Å². The van der Waals surface area contributed by atoms with Crippen LogP contribution in [0.2, 0.25) is 0 Å². The zero-order valence-corrected chi connectivity index (χ0v) is 11.2. The van der Waals surface area contributed by atoms with Crippen LogP contribution in [0, 0.1) is 0 Å². The van der Waals surface area contributed by atoms with Crippen molar-refractivity contribution >= 4 is 22.7 Å². The molecule has 6 nitrogen and oxygen atoms in total. The molecule has 2 N–H and O–H groups in total. The van der Waals surface area contributed by atoms with Crippen LogP contribution in [-0.4, -0.2) is 34.2 Å². The number of nitrogens with zero attached hydrogens (tertiary/aromatic N) is 2. The van der Waals surface area contributed by atoms with Crippen LogP contribution in [-0.2, 0) is 11.8 Å². The van der Waals surface area contributed by atoms with Gasteiger partial charge in [-0.15, -0.1) is 0 Å². The van der Waals surface area contributed by atoms with Crippen LogP contribution in [0.5, 0.6) is 0 Å². The summed E-state index contributed by atoms with van der Waals surface area (Å²) in [6.45, 7) is 0.481. The van der Waals surface area contributed by atoms with E-state index in [9.17, 15) is 9.59 Å². The van der Waals surface area contributed by atoms with Gasteiger partial charge in [-0.05, 0) is 12.5 Å². The van der Waals surface area contributed by atoms with Crippen molar-refractivity contribution in [2.24, 2.45) is 7.05 Å². The summed E-state index contributed by atoms with van der Waals surface area (Å²) in [6.07, 6.45) is 1.12. The lowest BCUT2D eigenvalue weighted by molar-refractivity contribution is -0.122. The van der Waals surface area contributed by atoms with Gasteiger partial charge in [-0.25, -0.2) is 0 Å². The van der Waals surface area contributed by atoms with Crippen molar-refractivity contribution in [2.75, 3.05) is 6.54 Å². The number of benzene rings is 1. The first-order valence-corrected chi connectivity index (χ1v) is 6.64. The third-order valence-electron chi connectivity index (χ3n) is 3.57. The molecule has 3 rings (SSSR count). The van der Waals surface area contributed by atoms with Gasteiger partial charge >= 0.3 is 0 Å². The van der Waals surface area contributed by atoms with Crippen molar-refractivity contribution in [1.29, 1.82) is 0 Å². The van der Waals surface area contributed by atoms with Crippen LogP contribution >= 0.6 is 0 Å². The lowest BCUT2D eigenvalue weighted by atomic mass is 10.1. The lowest BCUT2D eigenvalue weighted by Gasteiger charge is -2.23. The van der Waals surface area contributed by atoms with Crippen LogP contribution in [0.25, 0.3) is 10.9 Å². The molecule has 0 spiro atoms. The van der Waals surface area contributed by atoms with E-state index in [-0.39, 0.29) is 17.9 Å². The summed E-state index contributed by atoms with van der Waals surface area (Å²) >= 11 is 0. The van der Waals surface area contributed by atoms with Gasteiger partial charge in [0.05, 0.1) is 5.52 Å². The Morgan fingerprint density at radius 3 is 3.00 bits per heavy atom. The number of hydrogen-bond acceptors (Lipinski definition) is 3. The molecule has 104 valence electrons. The molecule has 2 aromatic rings. The number of aromatic nitrogens is 2. The SMILES string of the molecule is Cn1nc(C(=O)NC2CCC(=O)NC2)c2ccccc21. The summed E-state index contributed by atoms with van der Waals surface area (Å²) in [7, 11) is 1.82. The largest absolute Gasteiger partial charge is 0.354 e. The van der Waals surface area contributed by atoms with E-state index in [1.165, 1.54) is 0 Å². The van der Waals surface area contributed by atoms with Gasteiger partial charge in [-0.1, -0.05) is 18.2 Å². The van der Waals surface area contributed by atoms with Gasteiger partial charge in [0.15, 0.2) is 5.69 Å². The zero-order valence-electron chi connectivity index (χ0n) is 11.2. The Morgan fingerprint density at radius 1 is 1.45 bits per heavy atom. The molecule has 1 aliphatic heterocycles. The standard InChI is InChI=1S/C14H16N4O2/c1-18-11-5-3-2-4-10(11)13(17-18)14(20)16-9-6-7-12(19)15-8-9/h2-5,9H,6-8H2,1H3,(H,15,19)(H,16,20). The number of amides is 2. The van der Waals surface area contributed by atoms with Crippen LogP contribution in [0.3, 0.4) is 0 Å². The molecule has 0 aliphatic carbocycles. The highest BCUT2D eigenvalue weighted by Crippen LogP contribution is 2.17. The van der Waals surface area contributed by atoms with Gasteiger partial charge in [0.25, 0.3) is 5.91 Å². The maximum Gasteiger partial charge on any atom is 0.272 e. The molecule has 0 radical (unpaired) electrons. The fraction of sp³-hybridized carbons (Fsp3) is 0.357. The Morgan fingerprint density at radius 2 is 2.25 bits per heavy atom. The van der Waals surface area contributed by atoms with Gasteiger partial charge < -0.3 is 10.6 Å². The number of carbonyl (C=O) groups is 2. The second-order valence-electron chi connectivity index (χ2n) is 5.00. The maximum atomic E-state index is 12.3. The van der Waals surface area contributed by atoms with Crippen LogP contribution in [0.15, 0.2) is 24.3 Å². The molecule has 0 bridgehead atoms. The normalized spacial score (nSPS) is 18.9. The zero-order chi connectivity index (χ0) is 14.1. The minimum Gasteiger partial charge on any atom is -0.354 e. The minimum absolute atomic E-state index is 0.0269. The number of nitrogens with one attached hydrogen (secondary N) is 2. The molecular formula is C14H16N4O2. The van der Waals surface area contributed by atoms with E-state index < -0.39 is 0 Å². The van der Waals surface area contributed by atoms with Crippen molar-refractivity contribution in [1.82, 2.24) is 20.4 Å². The number of piperidine rings is 1. The fourth-order valence-electron chi connectivity index (χ4n) is 2.49. The van der Waals surface area contributed by atoms with Crippen molar-refractivity contribution in [2.45, 2.75) is 18.9 Å². The van der Waals surface area contributed by atoms with E-state index >= 15 is 0 Å². The Bertz CT molecular complexity index is 667. The van der Waals surface area contributed by atoms with Crippen molar-refractivity contribution < 1.29 is 9.59 Å². The Balaban J connectivity index is 1.81. The van der Waals surface area contributed by atoms with Crippen LogP contribution in [0.4, 0.5) is 0 Å². The monoisotopic (exact) mass is 272 g/mol. The average molecular weight is 272 g/mol. The molecule has 2 heterocycles. The van der Waals surface area contributed by atoms with E-state index in [4.69, 9.17) is 0 Å². The molecule has 6 heteroatoms. The summed E-state index contributed by atoms with van der Waals surface area (Å²) in [5, 5.41) is 10.8. The number of aryl methyl sites for hydroxylation is 1. The van der Waals surface area contributed by atoms with Gasteiger partial charge in [0.2, 0.25) is 5.91 Å². The highest BCUT2D eigenvalue weighted by atomic mass is 16.2. The van der Waals surface area contributed by atoms with Crippen molar-refractivity contribution in [3.63, 3.8) is 0 Å². The Kier molecular flexibility index (Phi) is 3.14. The van der Waals surface area contributed by atoms with Gasteiger partial charge in [-0.3, -0.25) is 14.3 Å². The first kappa shape index (κ1) is 12.7. The van der Waals surface area contributed by atoms with Gasteiger partial charge in [0.1, 0.15) is 0 Å². The predicted molar refractivity (Wildman–Crippen MR) is 74.2 cm³/mol. The van der Waals surface area contributed by atoms with E-state index in [1.807, 2.05) is 31.3 Å². The second kappa shape index (κ2) is 4.96. The molecular weight excluding hydrogens is 256 g/mol. The Hall–Kier alpha value is -2.37. The number of hydrogen-bond donors (Lipinski definition) is 2. The smallest absolute Gasteiger partial charge is 0.272 e. The van der Waals surface area contributed by atoms with E-state index in [1.54, 1.807) is 4.68 Å². The van der Waals surface area contributed by atoms with Crippen LogP contribution in [0.1, 0.15) is 23.3 Å². The maximum absolute atomic E-state index is 12.3. The summed E-state index contributed by atoms with van der Waals surface area (Å²) in [6, 6.07) is 7.60. The molecule has 2 amide bonds.